The number of allylic oxidation sites excluding steroid dienone is 3. The Labute approximate surface area is 587 Å². The van der Waals surface area contributed by atoms with Crippen LogP contribution in [0.2, 0.25) is 0 Å². The number of aliphatic hydroxyl groups is 6. The molecule has 0 radical (unpaired) electrons. The first-order chi connectivity index (χ1) is 46.4. The molecular weight excluding hydrogens is 1450 g/mol. The molecule has 11 N–H and O–H groups in total. The van der Waals surface area contributed by atoms with E-state index in [9.17, 15) is 49.5 Å². The van der Waals surface area contributed by atoms with Gasteiger partial charge in [0.05, 0.1) is 110 Å². The average Bonchev–Trinajstić information content (AvgIpc) is 1.40. The fraction of sp³-hybridized carbons (Fsp3) is 0.667. The molecule has 97 heavy (non-hydrogen) atoms. The minimum Gasteiger partial charge on any atom is -0.492 e. The van der Waals surface area contributed by atoms with Crippen LogP contribution in [0.1, 0.15) is 75.7 Å². The number of carbonyl (C=O) groups is 5. The van der Waals surface area contributed by atoms with E-state index < -0.39 is 152 Å². The highest BCUT2D eigenvalue weighted by Crippen LogP contribution is 2.50. The summed E-state index contributed by atoms with van der Waals surface area (Å²) in [5.74, 6) is 10.4. The molecule has 3 amide bonds. The van der Waals surface area contributed by atoms with E-state index >= 15 is 0 Å². The number of epoxide rings is 1. The quantitative estimate of drug-likeness (QED) is 0.0132. The minimum absolute atomic E-state index is 0.00489. The fourth-order valence-electron chi connectivity index (χ4n) is 11.9. The monoisotopic (exact) mass is 1540 g/mol. The highest BCUT2D eigenvalue weighted by Gasteiger charge is 2.59. The van der Waals surface area contributed by atoms with Gasteiger partial charge in [0.2, 0.25) is 29.0 Å². The Morgan fingerprint density at radius 1 is 0.938 bits per heavy atom. The lowest BCUT2D eigenvalue weighted by Crippen LogP contribution is -2.65. The van der Waals surface area contributed by atoms with Gasteiger partial charge in [0.15, 0.2) is 48.0 Å². The van der Waals surface area contributed by atoms with Crippen LogP contribution in [-0.2, 0) is 66.6 Å². The molecule has 5 heterocycles. The van der Waals surface area contributed by atoms with Crippen molar-refractivity contribution in [3.63, 3.8) is 0 Å². The third-order valence-corrected chi connectivity index (χ3v) is 22.5. The van der Waals surface area contributed by atoms with E-state index in [1.54, 1.807) is 33.8 Å². The maximum absolute atomic E-state index is 14.5. The molecule has 21 atom stereocenters. The standard InChI is InChI=1S/C63H86IN5O25S3/c1-11-69(41(75)25-65)35-28-86-42(23-39(35)81-6)90-54-49(76)47(68-94-43-22-36(72)57(32(5)87-43)96-58(78)44-30(3)46(64)52(55(84-9)51(44)82-7)91-59-50(77)53(83-8)56-61(92-56)93-59)31(4)88-60(54)89-38-16-14-12-13-15-20-63(80)24-37(73)48(67-62(79)85-10)45(38)34(63)19-21-95-97-29(2)17-18-40(74)66-26-33(71)27-70/h12-13,19,29,31-33,35-36,38-39,42-43,47,49-50,53-54,56-57,59-61,68,70-72,76-77,80H,11,17-18,21-28,65H2,1-10H3,(H,66,74)(H,67,79)/b13-12-,34-19+/t29?,31?,32?,33?,35?,36?,38-,39?,42?,43?,47?,49?,50?,53?,54?,56?,57?,59?,60?,61?,63-/m0/s1. The normalized spacial score (nSPS) is 33.5. The summed E-state index contributed by atoms with van der Waals surface area (Å²) in [6.45, 7) is 7.97. The summed E-state index contributed by atoms with van der Waals surface area (Å²) in [4.78, 5) is 75.2. The predicted molar refractivity (Wildman–Crippen MR) is 357 cm³/mol. The smallest absolute Gasteiger partial charge is 0.411 e. The summed E-state index contributed by atoms with van der Waals surface area (Å²) >= 11 is 2.81. The van der Waals surface area contributed by atoms with Gasteiger partial charge in [-0.15, -0.1) is 0 Å². The first-order valence-electron chi connectivity index (χ1n) is 31.3. The molecule has 2 bridgehead atoms. The fourth-order valence-corrected chi connectivity index (χ4v) is 15.8. The number of nitrogens with zero attached hydrogens (tertiary/aromatic N) is 1. The van der Waals surface area contributed by atoms with Crippen molar-refractivity contribution in [1.82, 2.24) is 21.0 Å². The summed E-state index contributed by atoms with van der Waals surface area (Å²) in [7, 11) is 9.51. The van der Waals surface area contributed by atoms with Crippen molar-refractivity contribution < 1.29 is 121 Å². The van der Waals surface area contributed by atoms with Gasteiger partial charge in [0.1, 0.15) is 36.6 Å². The molecule has 0 aromatic heterocycles. The second kappa shape index (κ2) is 35.9. The maximum Gasteiger partial charge on any atom is 0.411 e. The third kappa shape index (κ3) is 18.8. The Kier molecular flexibility index (Phi) is 29.0. The number of benzene rings is 1. The van der Waals surface area contributed by atoms with Gasteiger partial charge in [-0.2, -0.15) is 5.48 Å². The number of fused-ring (bicyclic) bond motifs is 3. The number of carbonyl (C=O) groups excluding carboxylic acids is 5. The predicted octanol–water partition coefficient (Wildman–Crippen LogP) is 0.730. The van der Waals surface area contributed by atoms with E-state index in [-0.39, 0.29) is 108 Å². The molecule has 5 fully saturated rings. The zero-order valence-electron chi connectivity index (χ0n) is 55.1. The molecule has 19 unspecified atom stereocenters. The summed E-state index contributed by atoms with van der Waals surface area (Å²) in [6.07, 6.45) is -14.9. The molecular formula is C63H86IN5O25S3. The first kappa shape index (κ1) is 78.3. The number of likely N-dealkylation sites (N-methyl/N-ethyl adjacent to an activating group) is 1. The van der Waals surface area contributed by atoms with Gasteiger partial charge in [0.25, 0.3) is 0 Å². The van der Waals surface area contributed by atoms with Crippen molar-refractivity contribution in [2.45, 2.75) is 194 Å². The Balaban J connectivity index is 1.03. The van der Waals surface area contributed by atoms with E-state index in [1.165, 1.54) is 67.1 Å². The number of ketones is 1. The summed E-state index contributed by atoms with van der Waals surface area (Å²) < 4.78 is 78.5. The first-order valence-corrected chi connectivity index (χ1v) is 35.7. The summed E-state index contributed by atoms with van der Waals surface area (Å²) in [5.41, 5.74) is 6.60. The number of hydrogen-bond donors (Lipinski definition) is 10. The van der Waals surface area contributed by atoms with Crippen molar-refractivity contribution >= 4 is 84.7 Å². The minimum atomic E-state index is -2.19. The van der Waals surface area contributed by atoms with Gasteiger partial charge < -0.3 is 108 Å². The number of ether oxygens (including phenoxy) is 13. The highest BCUT2D eigenvalue weighted by molar-refractivity contribution is 14.1. The molecule has 538 valence electrons. The number of halogens is 1. The number of amides is 3. The van der Waals surface area contributed by atoms with Crippen molar-refractivity contribution in [2.75, 3.05) is 74.1 Å². The number of aliphatic hydroxyl groups excluding tert-OH is 5. The van der Waals surface area contributed by atoms with Crippen LogP contribution < -0.4 is 36.1 Å². The second-order valence-electron chi connectivity index (χ2n) is 23.5. The SMILES string of the molecule is CCN(C(=O)CN)C1COC(OC2C(O[C@H]3C#C/C=C\C#C[C@]4(O)CC(=O)C(NC(=O)OC)=C3/C4=C\CSSC(C)CCC(=O)NCC(O)CO)OC(C)C(NOC3CC(O)C(SC(=O)c4c(C)c(I)c(OC5OC6OC6C(OC)C5O)c(OC)c4OC)C(C)O3)C2O)CC1OC. The maximum atomic E-state index is 14.5. The van der Waals surface area contributed by atoms with Crippen LogP contribution in [0.15, 0.2) is 35.1 Å². The van der Waals surface area contributed by atoms with Gasteiger partial charge >= 0.3 is 6.09 Å². The molecule has 5 aliphatic heterocycles. The molecule has 30 nitrogen and oxygen atoms in total. The van der Waals surface area contributed by atoms with Crippen molar-refractivity contribution in [3.05, 3.63) is 49.8 Å². The molecule has 1 aromatic carbocycles. The van der Waals surface area contributed by atoms with Crippen LogP contribution in [0, 0.1) is 34.2 Å². The highest BCUT2D eigenvalue weighted by atomic mass is 127. The number of hydrogen-bond acceptors (Lipinski definition) is 30. The summed E-state index contributed by atoms with van der Waals surface area (Å²) in [6, 6.07) is -1.78. The van der Waals surface area contributed by atoms with Crippen molar-refractivity contribution in [1.29, 1.82) is 0 Å². The van der Waals surface area contributed by atoms with Crippen molar-refractivity contribution in [2.24, 2.45) is 5.73 Å². The zero-order valence-corrected chi connectivity index (χ0v) is 59.7. The number of rotatable bonds is 29. The lowest BCUT2D eigenvalue weighted by Gasteiger charge is -2.47. The molecule has 8 rings (SSSR count). The molecule has 34 heteroatoms. The van der Waals surface area contributed by atoms with Crippen LogP contribution in [0.5, 0.6) is 17.2 Å². The van der Waals surface area contributed by atoms with Crippen LogP contribution in [0.4, 0.5) is 4.79 Å². The Morgan fingerprint density at radius 3 is 2.35 bits per heavy atom. The molecule has 5 saturated heterocycles. The summed E-state index contributed by atoms with van der Waals surface area (Å²) in [5, 5.41) is 70.6. The molecule has 0 saturated carbocycles. The lowest BCUT2D eigenvalue weighted by molar-refractivity contribution is -0.337. The van der Waals surface area contributed by atoms with Crippen LogP contribution in [0.25, 0.3) is 0 Å². The number of thioether (sulfide) groups is 1. The number of Topliss-reactive ketones (excluding diaryl/α,β-unsaturated/α-hetero) is 1. The van der Waals surface area contributed by atoms with E-state index in [4.69, 9.17) is 77.3 Å². The van der Waals surface area contributed by atoms with Gasteiger partial charge in [0, 0.05) is 68.7 Å². The number of nitrogens with two attached hydrogens (primary N) is 1. The molecule has 1 aromatic rings. The lowest BCUT2D eigenvalue weighted by atomic mass is 9.75. The van der Waals surface area contributed by atoms with Gasteiger partial charge in [-0.05, 0) is 74.4 Å². The van der Waals surface area contributed by atoms with Gasteiger partial charge in [-0.25, -0.2) is 4.79 Å². The van der Waals surface area contributed by atoms with E-state index in [1.807, 2.05) is 29.5 Å². The van der Waals surface area contributed by atoms with Crippen molar-refractivity contribution in [3.8, 4) is 40.9 Å². The van der Waals surface area contributed by atoms with Crippen LogP contribution >= 0.6 is 55.9 Å². The average molecular weight is 1540 g/mol. The van der Waals surface area contributed by atoms with E-state index in [0.29, 0.717) is 15.6 Å². The van der Waals surface area contributed by atoms with E-state index in [2.05, 4.69) is 39.8 Å². The largest absolute Gasteiger partial charge is 0.492 e. The Bertz CT molecular complexity index is 3190. The Hall–Kier alpha value is -4.43. The number of methoxy groups -OCH3 is 5. The van der Waals surface area contributed by atoms with Gasteiger partial charge in [-0.3, -0.25) is 29.3 Å². The number of hydroxylamine groups is 1. The third-order valence-electron chi connectivity index (χ3n) is 17.1. The van der Waals surface area contributed by atoms with Crippen LogP contribution in [-0.4, -0.2) is 265 Å². The second-order valence-corrected chi connectivity index (χ2v) is 28.6. The Morgan fingerprint density at radius 2 is 1.68 bits per heavy atom. The molecule has 0 spiro atoms. The number of alkyl carbamates (subject to hydrolysis) is 1. The van der Waals surface area contributed by atoms with Crippen LogP contribution in [0.3, 0.4) is 0 Å². The zero-order chi connectivity index (χ0) is 70.6. The topological polar surface area (TPSA) is 405 Å². The number of nitrogens with one attached hydrogen (secondary N) is 3. The van der Waals surface area contributed by atoms with Gasteiger partial charge in [-0.1, -0.05) is 70.0 Å². The molecule has 2 aliphatic carbocycles. The molecule has 7 aliphatic rings. The van der Waals surface area contributed by atoms with E-state index in [0.717, 1.165) is 18.9 Å².